The highest BCUT2D eigenvalue weighted by Gasteiger charge is 2.20. The van der Waals surface area contributed by atoms with Crippen LogP contribution in [0.2, 0.25) is 5.02 Å². The Bertz CT molecular complexity index is 1110. The van der Waals surface area contributed by atoms with Gasteiger partial charge in [-0.1, -0.05) is 41.6 Å². The van der Waals surface area contributed by atoms with Crippen molar-refractivity contribution in [2.24, 2.45) is 0 Å². The van der Waals surface area contributed by atoms with Gasteiger partial charge in [0, 0.05) is 17.8 Å². The predicted molar refractivity (Wildman–Crippen MR) is 127 cm³/mol. The van der Waals surface area contributed by atoms with Crippen LogP contribution in [0.1, 0.15) is 36.1 Å². The molecule has 166 valence electrons. The number of rotatable bonds is 10. The van der Waals surface area contributed by atoms with Gasteiger partial charge in [0.05, 0.1) is 10.8 Å². The number of hydrogen-bond donors (Lipinski definition) is 1. The summed E-state index contributed by atoms with van der Waals surface area (Å²) in [5.41, 5.74) is 1.21. The number of ether oxygens (including phenoxy) is 1. The lowest BCUT2D eigenvalue weighted by atomic mass is 10.1. The largest absolute Gasteiger partial charge is 0.481 e. The maximum absolute atomic E-state index is 12.4. The van der Waals surface area contributed by atoms with Crippen molar-refractivity contribution in [1.29, 1.82) is 0 Å². The molecule has 0 aliphatic rings. The molecule has 0 spiro atoms. The minimum absolute atomic E-state index is 0.0245. The smallest absolute Gasteiger partial charge is 0.234 e. The third-order valence-corrected chi connectivity index (χ3v) is 5.75. The molecule has 0 saturated carbocycles. The SMILES string of the molecule is C=CCn1c(SCC(=O)Nc2ccc(C(C)=O)cc2)nnc1C(C)Oc1ccccc1Cl. The number of carbonyl (C=O) groups is 2. The van der Waals surface area contributed by atoms with Gasteiger partial charge in [-0.05, 0) is 50.2 Å². The molecule has 2 aromatic carbocycles. The Kier molecular flexibility index (Phi) is 8.08. The molecule has 1 unspecified atom stereocenters. The number of Topliss-reactive ketones (excluding diaryl/α,β-unsaturated/α-hetero) is 1. The summed E-state index contributed by atoms with van der Waals surface area (Å²) in [6.07, 6.45) is 1.32. The van der Waals surface area contributed by atoms with Crippen molar-refractivity contribution in [3.63, 3.8) is 0 Å². The van der Waals surface area contributed by atoms with Gasteiger partial charge >= 0.3 is 0 Å². The molecule has 32 heavy (non-hydrogen) atoms. The minimum Gasteiger partial charge on any atom is -0.481 e. The molecule has 3 aromatic rings. The average molecular weight is 471 g/mol. The van der Waals surface area contributed by atoms with Gasteiger partial charge in [-0.15, -0.1) is 16.8 Å². The molecule has 0 aliphatic carbocycles. The van der Waals surface area contributed by atoms with Gasteiger partial charge in [-0.2, -0.15) is 0 Å². The molecule has 0 fully saturated rings. The highest BCUT2D eigenvalue weighted by Crippen LogP contribution is 2.29. The van der Waals surface area contributed by atoms with E-state index >= 15 is 0 Å². The quantitative estimate of drug-likeness (QED) is 0.249. The van der Waals surface area contributed by atoms with E-state index in [9.17, 15) is 9.59 Å². The molecule has 1 amide bonds. The van der Waals surface area contributed by atoms with E-state index in [2.05, 4.69) is 22.1 Å². The van der Waals surface area contributed by atoms with Gasteiger partial charge in [0.1, 0.15) is 5.75 Å². The number of thioether (sulfide) groups is 1. The van der Waals surface area contributed by atoms with Crippen molar-refractivity contribution >= 4 is 40.7 Å². The standard InChI is InChI=1S/C23H23ClN4O3S/c1-4-13-28-22(16(3)31-20-8-6-5-7-19(20)24)26-27-23(28)32-14-21(30)25-18-11-9-17(10-12-18)15(2)29/h4-12,16H,1,13-14H2,2-3H3,(H,25,30). The molecular formula is C23H23ClN4O3S. The topological polar surface area (TPSA) is 86.1 Å². The van der Waals surface area contributed by atoms with Crippen LogP contribution in [0.3, 0.4) is 0 Å². The number of carbonyl (C=O) groups excluding carboxylic acids is 2. The highest BCUT2D eigenvalue weighted by atomic mass is 35.5. The monoisotopic (exact) mass is 470 g/mol. The number of ketones is 1. The van der Waals surface area contributed by atoms with Crippen molar-refractivity contribution in [3.05, 3.63) is 77.6 Å². The molecule has 9 heteroatoms. The van der Waals surface area contributed by atoms with Crippen LogP contribution in [0.25, 0.3) is 0 Å². The van der Waals surface area contributed by atoms with Crippen molar-refractivity contribution in [1.82, 2.24) is 14.8 Å². The first-order chi connectivity index (χ1) is 15.4. The van der Waals surface area contributed by atoms with Crippen LogP contribution in [0.4, 0.5) is 5.69 Å². The number of hydrogen-bond acceptors (Lipinski definition) is 6. The van der Waals surface area contributed by atoms with Gasteiger partial charge in [0.15, 0.2) is 22.9 Å². The Morgan fingerprint density at radius 1 is 1.22 bits per heavy atom. The van der Waals surface area contributed by atoms with Crippen LogP contribution in [-0.4, -0.2) is 32.2 Å². The molecule has 0 bridgehead atoms. The molecule has 0 saturated heterocycles. The third-order valence-electron chi connectivity index (χ3n) is 4.47. The predicted octanol–water partition coefficient (Wildman–Crippen LogP) is 5.19. The van der Waals surface area contributed by atoms with Crippen LogP contribution in [-0.2, 0) is 11.3 Å². The Morgan fingerprint density at radius 3 is 2.59 bits per heavy atom. The number of amides is 1. The number of nitrogens with zero attached hydrogens (tertiary/aromatic N) is 3. The van der Waals surface area contributed by atoms with Crippen molar-refractivity contribution in [2.45, 2.75) is 31.7 Å². The molecule has 3 rings (SSSR count). The van der Waals surface area contributed by atoms with Crippen LogP contribution in [0.5, 0.6) is 5.75 Å². The summed E-state index contributed by atoms with van der Waals surface area (Å²) in [6, 6.07) is 14.0. The van der Waals surface area contributed by atoms with Crippen LogP contribution in [0.15, 0.2) is 66.3 Å². The van der Waals surface area contributed by atoms with E-state index in [1.54, 1.807) is 42.5 Å². The lowest BCUT2D eigenvalue weighted by molar-refractivity contribution is -0.113. The van der Waals surface area contributed by atoms with E-state index in [0.29, 0.717) is 39.5 Å². The van der Waals surface area contributed by atoms with E-state index in [1.165, 1.54) is 18.7 Å². The number of para-hydroxylation sites is 1. The molecule has 7 nitrogen and oxygen atoms in total. The van der Waals surface area contributed by atoms with Gasteiger partial charge in [0.25, 0.3) is 0 Å². The maximum atomic E-state index is 12.4. The zero-order valence-electron chi connectivity index (χ0n) is 17.7. The van der Waals surface area contributed by atoms with Gasteiger partial charge in [0.2, 0.25) is 5.91 Å². The third kappa shape index (κ3) is 5.99. The zero-order valence-corrected chi connectivity index (χ0v) is 19.3. The summed E-state index contributed by atoms with van der Waals surface area (Å²) in [4.78, 5) is 23.7. The number of nitrogens with one attached hydrogen (secondary N) is 1. The van der Waals surface area contributed by atoms with Gasteiger partial charge in [-0.25, -0.2) is 0 Å². The van der Waals surface area contributed by atoms with Crippen LogP contribution < -0.4 is 10.1 Å². The van der Waals surface area contributed by atoms with Crippen LogP contribution >= 0.6 is 23.4 Å². The van der Waals surface area contributed by atoms with Crippen molar-refractivity contribution < 1.29 is 14.3 Å². The fourth-order valence-electron chi connectivity index (χ4n) is 2.91. The first kappa shape index (κ1) is 23.6. The number of benzene rings is 2. The van der Waals surface area contributed by atoms with Gasteiger partial charge in [-0.3, -0.25) is 14.2 Å². The fraction of sp³-hybridized carbons (Fsp3) is 0.217. The van der Waals surface area contributed by atoms with Gasteiger partial charge < -0.3 is 10.1 Å². The summed E-state index contributed by atoms with van der Waals surface area (Å²) in [5.74, 6) is 1.08. The van der Waals surface area contributed by atoms with E-state index in [1.807, 2.05) is 23.6 Å². The molecule has 1 N–H and O–H groups in total. The highest BCUT2D eigenvalue weighted by molar-refractivity contribution is 7.99. The van der Waals surface area contributed by atoms with E-state index in [0.717, 1.165) is 0 Å². The summed E-state index contributed by atoms with van der Waals surface area (Å²) in [6.45, 7) is 7.62. The second kappa shape index (κ2) is 11.0. The Morgan fingerprint density at radius 2 is 1.94 bits per heavy atom. The second-order valence-electron chi connectivity index (χ2n) is 6.90. The normalized spacial score (nSPS) is 11.6. The maximum Gasteiger partial charge on any atom is 0.234 e. The van der Waals surface area contributed by atoms with Crippen molar-refractivity contribution in [2.75, 3.05) is 11.1 Å². The molecular weight excluding hydrogens is 448 g/mol. The van der Waals surface area contributed by atoms with Crippen LogP contribution in [0, 0.1) is 0 Å². The first-order valence-electron chi connectivity index (χ1n) is 9.88. The number of anilines is 1. The van der Waals surface area contributed by atoms with Crippen molar-refractivity contribution in [3.8, 4) is 5.75 Å². The summed E-state index contributed by atoms with van der Waals surface area (Å²) >= 11 is 7.45. The number of allylic oxidation sites excluding steroid dienone is 1. The van der Waals surface area contributed by atoms with E-state index in [4.69, 9.17) is 16.3 Å². The Labute approximate surface area is 195 Å². The Hall–Kier alpha value is -3.10. The lowest BCUT2D eigenvalue weighted by Crippen LogP contribution is -2.15. The zero-order chi connectivity index (χ0) is 23.1. The average Bonchev–Trinajstić information content (AvgIpc) is 3.17. The second-order valence-corrected chi connectivity index (χ2v) is 8.25. The molecule has 0 radical (unpaired) electrons. The molecule has 1 atom stereocenters. The lowest BCUT2D eigenvalue weighted by Gasteiger charge is -2.16. The van der Waals surface area contributed by atoms with E-state index < -0.39 is 6.10 Å². The molecule has 1 heterocycles. The Balaban J connectivity index is 1.65. The fourth-order valence-corrected chi connectivity index (χ4v) is 3.84. The summed E-state index contributed by atoms with van der Waals surface area (Å²) in [5, 5.41) is 12.4. The van der Waals surface area contributed by atoms with E-state index in [-0.39, 0.29) is 17.4 Å². The molecule has 1 aromatic heterocycles. The number of aromatic nitrogens is 3. The summed E-state index contributed by atoms with van der Waals surface area (Å²) < 4.78 is 7.82. The first-order valence-corrected chi connectivity index (χ1v) is 11.2. The number of halogens is 1. The molecule has 0 aliphatic heterocycles. The minimum atomic E-state index is -0.412. The summed E-state index contributed by atoms with van der Waals surface area (Å²) in [7, 11) is 0.